The molecular formula is C16H15N3O. The van der Waals surface area contributed by atoms with Crippen LogP contribution in [0.15, 0.2) is 41.7 Å². The molecule has 2 aromatic rings. The van der Waals surface area contributed by atoms with Crippen molar-refractivity contribution in [2.75, 3.05) is 0 Å². The standard InChI is InChI=1S/C16H15N3O/c20-13-6-5-10(9-14-17-7-8-18-14)16-15(13)11-3-1-2-4-12(11)19-16/h1-4,7-8,10,15H,5-6,9H2,(H,17,18). The van der Waals surface area contributed by atoms with E-state index in [9.17, 15) is 4.79 Å². The second-order valence-corrected chi connectivity index (χ2v) is 5.47. The van der Waals surface area contributed by atoms with Gasteiger partial charge in [0.2, 0.25) is 0 Å². The van der Waals surface area contributed by atoms with Crippen LogP contribution in [-0.2, 0) is 11.2 Å². The van der Waals surface area contributed by atoms with Gasteiger partial charge in [-0.05, 0) is 18.1 Å². The molecule has 100 valence electrons. The highest BCUT2D eigenvalue weighted by molar-refractivity contribution is 6.16. The predicted molar refractivity (Wildman–Crippen MR) is 76.3 cm³/mol. The number of Topliss-reactive ketones (excluding diaryl/α,β-unsaturated/α-hetero) is 1. The lowest BCUT2D eigenvalue weighted by atomic mass is 9.75. The third-order valence-electron chi connectivity index (χ3n) is 4.27. The Morgan fingerprint density at radius 2 is 2.20 bits per heavy atom. The Morgan fingerprint density at radius 1 is 1.30 bits per heavy atom. The Morgan fingerprint density at radius 3 is 3.05 bits per heavy atom. The molecule has 0 saturated heterocycles. The van der Waals surface area contributed by atoms with E-state index < -0.39 is 0 Å². The van der Waals surface area contributed by atoms with Crippen LogP contribution in [0.25, 0.3) is 0 Å². The van der Waals surface area contributed by atoms with E-state index in [1.165, 1.54) is 0 Å². The van der Waals surface area contributed by atoms with Crippen LogP contribution in [-0.4, -0.2) is 21.5 Å². The summed E-state index contributed by atoms with van der Waals surface area (Å²) in [4.78, 5) is 24.5. The van der Waals surface area contributed by atoms with Gasteiger partial charge in [-0.1, -0.05) is 18.2 Å². The largest absolute Gasteiger partial charge is 0.349 e. The van der Waals surface area contributed by atoms with E-state index in [4.69, 9.17) is 4.99 Å². The van der Waals surface area contributed by atoms with Gasteiger partial charge in [-0.25, -0.2) is 4.98 Å². The van der Waals surface area contributed by atoms with E-state index in [0.29, 0.717) is 18.1 Å². The molecule has 20 heavy (non-hydrogen) atoms. The third kappa shape index (κ3) is 1.72. The fraction of sp³-hybridized carbons (Fsp3) is 0.312. The van der Waals surface area contributed by atoms with Crippen LogP contribution in [0.1, 0.15) is 30.1 Å². The van der Waals surface area contributed by atoms with Crippen molar-refractivity contribution in [2.24, 2.45) is 10.9 Å². The number of aromatic amines is 1. The van der Waals surface area contributed by atoms with Crippen LogP contribution < -0.4 is 0 Å². The number of carbonyl (C=O) groups excluding carboxylic acids is 1. The molecule has 1 aliphatic carbocycles. The van der Waals surface area contributed by atoms with Crippen LogP contribution in [0.2, 0.25) is 0 Å². The van der Waals surface area contributed by atoms with E-state index in [0.717, 1.165) is 35.6 Å². The first-order valence-electron chi connectivity index (χ1n) is 7.01. The van der Waals surface area contributed by atoms with Gasteiger partial charge in [0.25, 0.3) is 0 Å². The molecule has 0 spiro atoms. The lowest BCUT2D eigenvalue weighted by molar-refractivity contribution is -0.119. The Bertz CT molecular complexity index is 688. The van der Waals surface area contributed by atoms with E-state index >= 15 is 0 Å². The number of nitrogens with zero attached hydrogens (tertiary/aromatic N) is 2. The molecule has 1 saturated carbocycles. The molecule has 1 fully saturated rings. The topological polar surface area (TPSA) is 58.1 Å². The minimum Gasteiger partial charge on any atom is -0.349 e. The van der Waals surface area contributed by atoms with Gasteiger partial charge in [0.15, 0.2) is 0 Å². The van der Waals surface area contributed by atoms with Gasteiger partial charge in [0.1, 0.15) is 11.6 Å². The molecule has 2 heterocycles. The number of fused-ring (bicyclic) bond motifs is 3. The van der Waals surface area contributed by atoms with Gasteiger partial charge in [-0.3, -0.25) is 9.79 Å². The van der Waals surface area contributed by atoms with Crippen molar-refractivity contribution in [1.82, 2.24) is 9.97 Å². The molecular weight excluding hydrogens is 250 g/mol. The Balaban J connectivity index is 1.70. The van der Waals surface area contributed by atoms with E-state index in [2.05, 4.69) is 9.97 Å². The first-order valence-corrected chi connectivity index (χ1v) is 7.01. The highest BCUT2D eigenvalue weighted by Crippen LogP contribution is 2.43. The predicted octanol–water partition coefficient (Wildman–Crippen LogP) is 2.80. The Hall–Kier alpha value is -2.23. The first kappa shape index (κ1) is 11.6. The summed E-state index contributed by atoms with van der Waals surface area (Å²) in [6.07, 6.45) is 5.97. The molecule has 4 nitrogen and oxygen atoms in total. The monoisotopic (exact) mass is 265 g/mol. The highest BCUT2D eigenvalue weighted by atomic mass is 16.1. The summed E-state index contributed by atoms with van der Waals surface area (Å²) in [7, 11) is 0. The zero-order chi connectivity index (χ0) is 13.5. The summed E-state index contributed by atoms with van der Waals surface area (Å²) < 4.78 is 0. The maximum absolute atomic E-state index is 12.3. The van der Waals surface area contributed by atoms with Crippen LogP contribution in [0, 0.1) is 5.92 Å². The number of aliphatic imine (C=N–C) groups is 1. The molecule has 0 radical (unpaired) electrons. The maximum atomic E-state index is 12.3. The SMILES string of the molecule is O=C1CCC(Cc2ncc[nH]2)C2=Nc3ccccc3C12. The van der Waals surface area contributed by atoms with Gasteiger partial charge in [0.05, 0.1) is 11.6 Å². The molecule has 0 bridgehead atoms. The van der Waals surface area contributed by atoms with Crippen LogP contribution in [0.5, 0.6) is 0 Å². The molecule has 4 heteroatoms. The summed E-state index contributed by atoms with van der Waals surface area (Å²) >= 11 is 0. The third-order valence-corrected chi connectivity index (χ3v) is 4.27. The Labute approximate surface area is 117 Å². The number of rotatable bonds is 2. The summed E-state index contributed by atoms with van der Waals surface area (Å²) in [6, 6.07) is 7.99. The molecule has 1 aromatic carbocycles. The maximum Gasteiger partial charge on any atom is 0.146 e. The summed E-state index contributed by atoms with van der Waals surface area (Å²) in [6.45, 7) is 0. The van der Waals surface area contributed by atoms with Gasteiger partial charge in [-0.15, -0.1) is 0 Å². The minimum atomic E-state index is -0.111. The van der Waals surface area contributed by atoms with Crippen molar-refractivity contribution in [2.45, 2.75) is 25.2 Å². The summed E-state index contributed by atoms with van der Waals surface area (Å²) in [5.41, 5.74) is 3.09. The number of hydrogen-bond donors (Lipinski definition) is 1. The number of hydrogen-bond acceptors (Lipinski definition) is 3. The molecule has 1 aromatic heterocycles. The lowest BCUT2D eigenvalue weighted by Gasteiger charge is -2.26. The van der Waals surface area contributed by atoms with Crippen LogP contribution >= 0.6 is 0 Å². The van der Waals surface area contributed by atoms with Gasteiger partial charge in [0, 0.05) is 36.9 Å². The minimum absolute atomic E-state index is 0.111. The first-order chi connectivity index (χ1) is 9.83. The average Bonchev–Trinajstić information content (AvgIpc) is 3.09. The van der Waals surface area contributed by atoms with Crippen LogP contribution in [0.3, 0.4) is 0 Å². The number of H-pyrrole nitrogens is 1. The summed E-state index contributed by atoms with van der Waals surface area (Å²) in [5, 5.41) is 0. The molecule has 2 unspecified atom stereocenters. The smallest absolute Gasteiger partial charge is 0.146 e. The molecule has 1 N–H and O–H groups in total. The fourth-order valence-electron chi connectivity index (χ4n) is 3.32. The van der Waals surface area contributed by atoms with Crippen molar-refractivity contribution in [3.05, 3.63) is 48.0 Å². The van der Waals surface area contributed by atoms with Gasteiger partial charge >= 0.3 is 0 Å². The highest BCUT2D eigenvalue weighted by Gasteiger charge is 2.40. The van der Waals surface area contributed by atoms with E-state index in [1.54, 1.807) is 6.20 Å². The van der Waals surface area contributed by atoms with Crippen LogP contribution in [0.4, 0.5) is 5.69 Å². The van der Waals surface area contributed by atoms with Crippen molar-refractivity contribution >= 4 is 17.2 Å². The summed E-state index contributed by atoms with van der Waals surface area (Å²) in [5.74, 6) is 1.49. The zero-order valence-corrected chi connectivity index (χ0v) is 11.0. The van der Waals surface area contributed by atoms with Crippen molar-refractivity contribution < 1.29 is 4.79 Å². The number of aromatic nitrogens is 2. The van der Waals surface area contributed by atoms with Crippen molar-refractivity contribution in [3.8, 4) is 0 Å². The number of benzene rings is 1. The zero-order valence-electron chi connectivity index (χ0n) is 11.0. The molecule has 0 amide bonds. The second kappa shape index (κ2) is 4.40. The number of para-hydroxylation sites is 1. The molecule has 2 aliphatic rings. The molecule has 4 rings (SSSR count). The van der Waals surface area contributed by atoms with Gasteiger partial charge < -0.3 is 4.98 Å². The number of ketones is 1. The fourth-order valence-corrected chi connectivity index (χ4v) is 3.32. The van der Waals surface area contributed by atoms with Gasteiger partial charge in [-0.2, -0.15) is 0 Å². The molecule has 2 atom stereocenters. The number of nitrogens with one attached hydrogen (secondary N) is 1. The normalized spacial score (nSPS) is 24.2. The van der Waals surface area contributed by atoms with E-state index in [-0.39, 0.29) is 5.92 Å². The molecule has 1 aliphatic heterocycles. The number of imidazole rings is 1. The average molecular weight is 265 g/mol. The quantitative estimate of drug-likeness (QED) is 0.907. The van der Waals surface area contributed by atoms with Crippen molar-refractivity contribution in [1.29, 1.82) is 0 Å². The van der Waals surface area contributed by atoms with E-state index in [1.807, 2.05) is 30.5 Å². The van der Waals surface area contributed by atoms with Crippen molar-refractivity contribution in [3.63, 3.8) is 0 Å². The number of carbonyl (C=O) groups is 1. The lowest BCUT2D eigenvalue weighted by Crippen LogP contribution is -2.33. The second-order valence-electron chi connectivity index (χ2n) is 5.47. The Kier molecular flexibility index (Phi) is 2.55.